The first-order chi connectivity index (χ1) is 7.69. The van der Waals surface area contributed by atoms with E-state index in [0.29, 0.717) is 22.6 Å². The number of aliphatic carboxylic acids is 1. The van der Waals surface area contributed by atoms with Gasteiger partial charge < -0.3 is 14.3 Å². The molecule has 4 heteroatoms. The van der Waals surface area contributed by atoms with E-state index in [1.54, 1.807) is 18.2 Å². The molecule has 2 aromatic rings. The molecule has 4 nitrogen and oxygen atoms in total. The fourth-order valence-corrected chi connectivity index (χ4v) is 1.62. The van der Waals surface area contributed by atoms with Crippen LogP contribution in [0.3, 0.4) is 0 Å². The molecular formula is C12H12NO3-. The van der Waals surface area contributed by atoms with Crippen LogP contribution in [0.25, 0.3) is 11.1 Å². The molecule has 1 heterocycles. The topological polar surface area (TPSA) is 66.2 Å². The van der Waals surface area contributed by atoms with Crippen LogP contribution in [0.2, 0.25) is 0 Å². The largest absolute Gasteiger partial charge is 0.550 e. The quantitative estimate of drug-likeness (QED) is 0.770. The van der Waals surface area contributed by atoms with Crippen molar-refractivity contribution in [3.63, 3.8) is 0 Å². The van der Waals surface area contributed by atoms with Crippen LogP contribution in [-0.4, -0.2) is 11.0 Å². The number of oxazole rings is 1. The Labute approximate surface area is 92.9 Å². The van der Waals surface area contributed by atoms with Crippen LogP contribution >= 0.6 is 0 Å². The van der Waals surface area contributed by atoms with Gasteiger partial charge in [0.05, 0.1) is 0 Å². The van der Waals surface area contributed by atoms with Crippen molar-refractivity contribution < 1.29 is 14.3 Å². The molecule has 0 bridgehead atoms. The lowest BCUT2D eigenvalue weighted by Gasteiger charge is -2.00. The first-order valence-corrected chi connectivity index (χ1v) is 5.27. The third-order valence-electron chi connectivity index (χ3n) is 2.31. The predicted octanol–water partition coefficient (Wildman–Crippen LogP) is 1.07. The molecule has 2 rings (SSSR count). The number of fused-ring (bicyclic) bond motifs is 1. The molecule has 0 aliphatic heterocycles. The second-order valence-electron chi connectivity index (χ2n) is 3.71. The maximum atomic E-state index is 10.5. The number of aryl methyl sites for hydroxylation is 1. The minimum absolute atomic E-state index is 0.0914. The van der Waals surface area contributed by atoms with Gasteiger partial charge in [0.15, 0.2) is 11.5 Å². The summed E-state index contributed by atoms with van der Waals surface area (Å²) in [6, 6.07) is 5.20. The summed E-state index contributed by atoms with van der Waals surface area (Å²) in [7, 11) is 0. The van der Waals surface area contributed by atoms with E-state index in [-0.39, 0.29) is 6.42 Å². The maximum absolute atomic E-state index is 10.5. The van der Waals surface area contributed by atoms with Gasteiger partial charge in [-0.3, -0.25) is 0 Å². The summed E-state index contributed by atoms with van der Waals surface area (Å²) in [6.45, 7) is 2.05. The number of carboxylic acid groups (broad SMARTS) is 1. The van der Waals surface area contributed by atoms with Crippen LogP contribution in [-0.2, 0) is 17.6 Å². The van der Waals surface area contributed by atoms with E-state index < -0.39 is 5.97 Å². The third kappa shape index (κ3) is 2.21. The molecule has 0 saturated carbocycles. The molecule has 0 aliphatic carbocycles. The van der Waals surface area contributed by atoms with Crippen LogP contribution in [0.1, 0.15) is 24.8 Å². The van der Waals surface area contributed by atoms with Gasteiger partial charge in [-0.2, -0.15) is 0 Å². The Morgan fingerprint density at radius 2 is 2.31 bits per heavy atom. The van der Waals surface area contributed by atoms with Crippen molar-refractivity contribution in [3.05, 3.63) is 29.7 Å². The highest BCUT2D eigenvalue weighted by Gasteiger charge is 2.05. The first kappa shape index (κ1) is 10.7. The Morgan fingerprint density at radius 1 is 1.50 bits per heavy atom. The molecule has 0 saturated heterocycles. The third-order valence-corrected chi connectivity index (χ3v) is 2.31. The number of carboxylic acids is 1. The molecule has 0 aliphatic rings. The van der Waals surface area contributed by atoms with Gasteiger partial charge in [-0.25, -0.2) is 4.98 Å². The van der Waals surface area contributed by atoms with Crippen molar-refractivity contribution in [3.8, 4) is 0 Å². The lowest BCUT2D eigenvalue weighted by atomic mass is 10.1. The maximum Gasteiger partial charge on any atom is 0.195 e. The molecule has 1 aromatic carbocycles. The molecular weight excluding hydrogens is 206 g/mol. The van der Waals surface area contributed by atoms with Crippen molar-refractivity contribution in [2.24, 2.45) is 0 Å². The highest BCUT2D eigenvalue weighted by molar-refractivity contribution is 5.76. The van der Waals surface area contributed by atoms with Crippen molar-refractivity contribution in [2.45, 2.75) is 26.2 Å². The van der Waals surface area contributed by atoms with Crippen molar-refractivity contribution in [2.75, 3.05) is 0 Å². The van der Waals surface area contributed by atoms with Crippen LogP contribution in [0.4, 0.5) is 0 Å². The zero-order valence-corrected chi connectivity index (χ0v) is 9.03. The summed E-state index contributed by atoms with van der Waals surface area (Å²) in [6.07, 6.45) is 1.68. The van der Waals surface area contributed by atoms with Gasteiger partial charge >= 0.3 is 0 Å². The standard InChI is InChI=1S/C12H13NO3/c1-2-3-11-13-9-6-8(7-12(14)15)4-5-10(9)16-11/h4-6H,2-3,7H2,1H3,(H,14,15)/p-1. The van der Waals surface area contributed by atoms with Crippen molar-refractivity contribution >= 4 is 17.1 Å². The smallest absolute Gasteiger partial charge is 0.195 e. The molecule has 0 radical (unpaired) electrons. The number of hydrogen-bond donors (Lipinski definition) is 0. The summed E-state index contributed by atoms with van der Waals surface area (Å²) in [5.41, 5.74) is 2.09. The number of carbonyl (C=O) groups excluding carboxylic acids is 1. The summed E-state index contributed by atoms with van der Waals surface area (Å²) in [5.74, 6) is -0.389. The highest BCUT2D eigenvalue weighted by Crippen LogP contribution is 2.18. The van der Waals surface area contributed by atoms with E-state index >= 15 is 0 Å². The average Bonchev–Trinajstić information content (AvgIpc) is 2.59. The van der Waals surface area contributed by atoms with Gasteiger partial charge in [-0.15, -0.1) is 0 Å². The van der Waals surface area contributed by atoms with Crippen LogP contribution in [0.15, 0.2) is 22.6 Å². The number of rotatable bonds is 4. The molecule has 0 atom stereocenters. The lowest BCUT2D eigenvalue weighted by Crippen LogP contribution is -2.24. The first-order valence-electron chi connectivity index (χ1n) is 5.27. The SMILES string of the molecule is CCCc1nc2cc(CC(=O)[O-])ccc2o1. The zero-order chi connectivity index (χ0) is 11.5. The molecule has 0 unspecified atom stereocenters. The molecule has 16 heavy (non-hydrogen) atoms. The molecule has 1 aromatic heterocycles. The highest BCUT2D eigenvalue weighted by atomic mass is 16.4. The van der Waals surface area contributed by atoms with E-state index in [1.165, 1.54) is 0 Å². The predicted molar refractivity (Wildman–Crippen MR) is 56.7 cm³/mol. The van der Waals surface area contributed by atoms with E-state index in [9.17, 15) is 9.90 Å². The summed E-state index contributed by atoms with van der Waals surface area (Å²) in [5, 5.41) is 10.5. The Kier molecular flexibility index (Phi) is 2.90. The van der Waals surface area contributed by atoms with Gasteiger partial charge in [0.1, 0.15) is 5.52 Å². The Morgan fingerprint density at radius 3 is 3.00 bits per heavy atom. The molecule has 84 valence electrons. The second-order valence-corrected chi connectivity index (χ2v) is 3.71. The van der Waals surface area contributed by atoms with Crippen LogP contribution in [0.5, 0.6) is 0 Å². The fraction of sp³-hybridized carbons (Fsp3) is 0.333. The average molecular weight is 218 g/mol. The molecule has 0 fully saturated rings. The van der Waals surface area contributed by atoms with Gasteiger partial charge in [-0.1, -0.05) is 13.0 Å². The Hall–Kier alpha value is -1.84. The normalized spacial score (nSPS) is 10.8. The Bertz CT molecular complexity index is 516. The number of nitrogens with zero attached hydrogens (tertiary/aromatic N) is 1. The fourth-order valence-electron chi connectivity index (χ4n) is 1.62. The van der Waals surface area contributed by atoms with Crippen molar-refractivity contribution in [1.82, 2.24) is 4.98 Å². The van der Waals surface area contributed by atoms with E-state index in [1.807, 2.05) is 0 Å². The summed E-state index contributed by atoms with van der Waals surface area (Å²) in [4.78, 5) is 14.7. The summed E-state index contributed by atoms with van der Waals surface area (Å²) < 4.78 is 5.49. The van der Waals surface area contributed by atoms with Gasteiger partial charge in [0.25, 0.3) is 0 Å². The monoisotopic (exact) mass is 218 g/mol. The second kappa shape index (κ2) is 4.35. The number of aromatic nitrogens is 1. The van der Waals surface area contributed by atoms with E-state index in [0.717, 1.165) is 12.8 Å². The van der Waals surface area contributed by atoms with Crippen LogP contribution in [0, 0.1) is 0 Å². The minimum Gasteiger partial charge on any atom is -0.550 e. The van der Waals surface area contributed by atoms with Gasteiger partial charge in [0.2, 0.25) is 0 Å². The number of carbonyl (C=O) groups is 1. The lowest BCUT2D eigenvalue weighted by molar-refractivity contribution is -0.304. The van der Waals surface area contributed by atoms with Crippen LogP contribution < -0.4 is 5.11 Å². The molecule has 0 spiro atoms. The van der Waals surface area contributed by atoms with Gasteiger partial charge in [-0.05, 0) is 24.1 Å². The minimum atomic E-state index is -1.09. The summed E-state index contributed by atoms with van der Waals surface area (Å²) >= 11 is 0. The van der Waals surface area contributed by atoms with E-state index in [4.69, 9.17) is 4.42 Å². The van der Waals surface area contributed by atoms with E-state index in [2.05, 4.69) is 11.9 Å². The molecule has 0 amide bonds. The van der Waals surface area contributed by atoms with Crippen molar-refractivity contribution in [1.29, 1.82) is 0 Å². The number of benzene rings is 1. The zero-order valence-electron chi connectivity index (χ0n) is 9.03. The number of hydrogen-bond acceptors (Lipinski definition) is 4. The molecule has 0 N–H and O–H groups in total. The Balaban J connectivity index is 2.33. The van der Waals surface area contributed by atoms with Gasteiger partial charge in [0, 0.05) is 18.8 Å².